The molecule has 1 aromatic carbocycles. The number of rotatable bonds is 22. The molecule has 100 heavy (non-hydrogen) atoms. The van der Waals surface area contributed by atoms with E-state index in [1.165, 1.54) is 34.3 Å². The number of hydrogen-bond acceptors (Lipinski definition) is 30. The van der Waals surface area contributed by atoms with Crippen molar-refractivity contribution in [2.24, 2.45) is 16.7 Å². The summed E-state index contributed by atoms with van der Waals surface area (Å²) in [5.74, 6) is -1.90. The number of methoxy groups -OCH3 is 4. The van der Waals surface area contributed by atoms with Gasteiger partial charge in [0.15, 0.2) is 43.5 Å². The van der Waals surface area contributed by atoms with E-state index in [0.29, 0.717) is 25.7 Å². The van der Waals surface area contributed by atoms with E-state index >= 15 is 0 Å². The fraction of sp³-hybridized carbons (Fsp3) is 0.829. The third kappa shape index (κ3) is 14.4. The monoisotopic (exact) mass is 1430 g/mol. The zero-order valence-corrected chi connectivity index (χ0v) is 58.6. The summed E-state index contributed by atoms with van der Waals surface area (Å²) in [7, 11) is 5.98. The SMILES string of the molecule is CO[C@@H]1[C@@H](O)[C@H](O[C@H]2[C@@H](OC)C[C@H](O[C@H]3[C@@H](OC)C[C@H](O[C@H]4CC[C@@]5(C)C(=CC[C@]6(O)[C@@H]5C[C@@H](OC(=O)/C=C\c5ccccc5)[C@@]5(C)[C@]6(O)CC[C@]5(O)C(C)=O)C4)O[C@@H]3C)O[C@@H]2C)O[C@H](C)[C@@H]1O[C@H]1C[C@@H](OC)[C@H](O[C@@H]2O[C@H](CO[C@@H]3O[C@H](CO)[C@@H](O)[C@H](O)[C@H]3O)[C@@H](O)[C@H](O)[C@H]2O)[C@@H](C)O1. The summed E-state index contributed by atoms with van der Waals surface area (Å²) in [6.07, 6.45) is -24.9. The van der Waals surface area contributed by atoms with E-state index in [4.69, 9.17) is 80.5 Å². The van der Waals surface area contributed by atoms with Gasteiger partial charge in [0.1, 0.15) is 108 Å². The van der Waals surface area contributed by atoms with Crippen molar-refractivity contribution in [3.05, 3.63) is 53.6 Å². The number of benzene rings is 1. The molecule has 0 amide bonds. The van der Waals surface area contributed by atoms with Gasteiger partial charge in [-0.25, -0.2) is 4.79 Å². The first kappa shape index (κ1) is 77.8. The molecule has 0 spiro atoms. The van der Waals surface area contributed by atoms with E-state index in [-0.39, 0.29) is 44.6 Å². The third-order valence-corrected chi connectivity index (χ3v) is 23.9. The molecular formula is C70H106O30. The first-order valence-electron chi connectivity index (χ1n) is 35.0. The van der Waals surface area contributed by atoms with Crippen molar-refractivity contribution in [1.29, 1.82) is 0 Å². The fourth-order valence-corrected chi connectivity index (χ4v) is 17.9. The number of ketones is 1. The van der Waals surface area contributed by atoms with Gasteiger partial charge in [-0.15, -0.1) is 0 Å². The molecule has 35 atom stereocenters. The van der Waals surface area contributed by atoms with Crippen molar-refractivity contribution in [3.8, 4) is 0 Å². The Hall–Kier alpha value is -3.24. The highest BCUT2D eigenvalue weighted by Gasteiger charge is 2.81. The van der Waals surface area contributed by atoms with Gasteiger partial charge in [0.25, 0.3) is 0 Å². The number of aliphatic hydroxyl groups excluding tert-OH is 8. The van der Waals surface area contributed by atoms with E-state index in [0.717, 1.165) is 11.1 Å². The Morgan fingerprint density at radius 3 is 1.65 bits per heavy atom. The lowest BCUT2D eigenvalue weighted by molar-refractivity contribution is -0.373. The molecule has 10 aliphatic rings. The van der Waals surface area contributed by atoms with Crippen LogP contribution in [0.25, 0.3) is 6.08 Å². The van der Waals surface area contributed by atoms with Gasteiger partial charge in [-0.2, -0.15) is 0 Å². The van der Waals surface area contributed by atoms with Crippen molar-refractivity contribution in [2.45, 2.75) is 308 Å². The van der Waals surface area contributed by atoms with E-state index in [9.17, 15) is 65.8 Å². The van der Waals surface area contributed by atoms with Crippen LogP contribution in [0, 0.1) is 16.7 Å². The average molecular weight is 1430 g/mol. The lowest BCUT2D eigenvalue weighted by atomic mass is 9.42. The highest BCUT2D eigenvalue weighted by atomic mass is 16.8. The van der Waals surface area contributed by atoms with Crippen LogP contribution in [0.15, 0.2) is 48.1 Å². The zero-order valence-electron chi connectivity index (χ0n) is 58.6. The minimum absolute atomic E-state index is 0.0421. The van der Waals surface area contributed by atoms with Gasteiger partial charge in [0, 0.05) is 59.7 Å². The highest BCUT2D eigenvalue weighted by molar-refractivity contribution is 5.89. The van der Waals surface area contributed by atoms with Crippen LogP contribution < -0.4 is 0 Å². The van der Waals surface area contributed by atoms with Gasteiger partial charge in [0.2, 0.25) is 0 Å². The molecule has 6 saturated heterocycles. The fourth-order valence-electron chi connectivity index (χ4n) is 17.9. The molecule has 0 unspecified atom stereocenters. The second-order valence-corrected chi connectivity index (χ2v) is 29.4. The number of Topliss-reactive ketones (excluding diaryl/α,β-unsaturated/α-hetero) is 1. The number of esters is 1. The molecule has 6 heterocycles. The predicted molar refractivity (Wildman–Crippen MR) is 342 cm³/mol. The molecule has 0 radical (unpaired) electrons. The number of aliphatic hydroxyl groups is 11. The maximum atomic E-state index is 13.7. The van der Waals surface area contributed by atoms with E-state index in [2.05, 4.69) is 6.92 Å². The molecule has 4 aliphatic carbocycles. The Morgan fingerprint density at radius 1 is 0.570 bits per heavy atom. The summed E-state index contributed by atoms with van der Waals surface area (Å²) in [4.78, 5) is 27.1. The van der Waals surface area contributed by atoms with Gasteiger partial charge in [-0.3, -0.25) is 4.79 Å². The number of ether oxygens (including phenoxy) is 17. The van der Waals surface area contributed by atoms with E-state index < -0.39 is 231 Å². The maximum Gasteiger partial charge on any atom is 0.331 e. The highest BCUT2D eigenvalue weighted by Crippen LogP contribution is 2.71. The van der Waals surface area contributed by atoms with Crippen molar-refractivity contribution >= 4 is 17.8 Å². The topological polar surface area (TPSA) is 414 Å². The van der Waals surface area contributed by atoms with Crippen molar-refractivity contribution in [3.63, 3.8) is 0 Å². The van der Waals surface area contributed by atoms with Crippen LogP contribution in [0.3, 0.4) is 0 Å². The first-order chi connectivity index (χ1) is 47.4. The van der Waals surface area contributed by atoms with Crippen molar-refractivity contribution in [1.82, 2.24) is 0 Å². The average Bonchev–Trinajstić information content (AvgIpc) is 1.39. The number of hydrogen-bond donors (Lipinski definition) is 11. The van der Waals surface area contributed by atoms with Gasteiger partial charge in [-0.05, 0) is 104 Å². The van der Waals surface area contributed by atoms with Gasteiger partial charge >= 0.3 is 5.97 Å². The van der Waals surface area contributed by atoms with Crippen LogP contribution in [-0.4, -0.2) is 305 Å². The van der Waals surface area contributed by atoms with Gasteiger partial charge < -0.3 is 137 Å². The lowest BCUT2D eigenvalue weighted by Crippen LogP contribution is -2.78. The number of carbonyl (C=O) groups excluding carboxylic acids is 2. The van der Waals surface area contributed by atoms with Crippen molar-refractivity contribution < 1.29 is 146 Å². The molecule has 30 nitrogen and oxygen atoms in total. The van der Waals surface area contributed by atoms with Crippen LogP contribution in [-0.2, 0) is 90.1 Å². The maximum absolute atomic E-state index is 13.7. The standard InChI is InChI=1S/C70H106O30/c1-32-58(40(84-8)26-48(89-32)93-39-20-21-66(6)38(25-39)19-22-69(82)45(66)29-46(96-47(73)18-17-37-15-13-12-14-16-37)67(7)68(81,36(5)72)23-24-70(67,69)83)97-49-27-41(85-9)60(34(3)90-49)100-65-57(80)62(87-11)61(35(4)92-65)98-50-28-42(86-10)59(33(2)91-50)99-64-56(79)54(77)52(75)44(95-64)31-88-63-55(78)53(76)51(74)43(30-71)94-63/h12-19,32-35,39-46,48-65,71,74-83H,20-31H2,1-11H3/b18-17-/t32-,33-,34-,35-,39+,40+,41+,42-,43-,44-,45-,46-,48+,49+,50+,51-,52-,53+,54+,55-,56-,57-,58-,59-,60-,61+,62-,63-,64+,65+,66+,67-,68+,69+,70-/m1/s1. The summed E-state index contributed by atoms with van der Waals surface area (Å²) < 4.78 is 105. The van der Waals surface area contributed by atoms with E-state index in [1.807, 2.05) is 43.3 Å². The molecule has 9 fully saturated rings. The molecular weight excluding hydrogens is 1320 g/mol. The summed E-state index contributed by atoms with van der Waals surface area (Å²) in [6.45, 7) is 10.7. The minimum atomic E-state index is -2.08. The smallest absolute Gasteiger partial charge is 0.331 e. The summed E-state index contributed by atoms with van der Waals surface area (Å²) >= 11 is 0. The molecule has 3 saturated carbocycles. The minimum Gasteiger partial charge on any atom is -0.458 e. The van der Waals surface area contributed by atoms with Crippen LogP contribution in [0.4, 0.5) is 0 Å². The Morgan fingerprint density at radius 2 is 1.09 bits per heavy atom. The second kappa shape index (κ2) is 31.3. The van der Waals surface area contributed by atoms with Crippen LogP contribution >= 0.6 is 0 Å². The Balaban J connectivity index is 0.666. The number of carbonyl (C=O) groups is 2. The summed E-state index contributed by atoms with van der Waals surface area (Å²) in [5.41, 5.74) is -6.53. The molecule has 6 aliphatic heterocycles. The van der Waals surface area contributed by atoms with Crippen LogP contribution in [0.1, 0.15) is 118 Å². The number of fused-ring (bicyclic) bond motifs is 5. The Bertz CT molecular complexity index is 2970. The van der Waals surface area contributed by atoms with E-state index in [1.54, 1.807) is 40.9 Å². The summed E-state index contributed by atoms with van der Waals surface area (Å²) in [5, 5.41) is 123. The molecule has 566 valence electrons. The second-order valence-electron chi connectivity index (χ2n) is 29.4. The third-order valence-electron chi connectivity index (χ3n) is 23.9. The zero-order chi connectivity index (χ0) is 72.3. The van der Waals surface area contributed by atoms with Gasteiger partial charge in [-0.1, -0.05) is 48.9 Å². The predicted octanol–water partition coefficient (Wildman–Crippen LogP) is -0.145. The first-order valence-corrected chi connectivity index (χ1v) is 35.0. The van der Waals surface area contributed by atoms with Crippen LogP contribution in [0.5, 0.6) is 0 Å². The largest absolute Gasteiger partial charge is 0.458 e. The quantitative estimate of drug-likeness (QED) is 0.0409. The van der Waals surface area contributed by atoms with Gasteiger partial charge in [0.05, 0.1) is 67.5 Å². The normalized spacial score (nSPS) is 49.8. The Kier molecular flexibility index (Phi) is 24.4. The molecule has 11 N–H and O–H groups in total. The van der Waals surface area contributed by atoms with Crippen LogP contribution in [0.2, 0.25) is 0 Å². The molecule has 0 aromatic heterocycles. The molecule has 30 heteroatoms. The molecule has 1 aromatic rings. The summed E-state index contributed by atoms with van der Waals surface area (Å²) in [6, 6.07) is 9.22. The Labute approximate surface area is 581 Å². The molecule has 0 bridgehead atoms. The lowest BCUT2D eigenvalue weighted by Gasteiger charge is -2.67. The van der Waals surface area contributed by atoms with Crippen molar-refractivity contribution in [2.75, 3.05) is 41.7 Å². The molecule has 11 rings (SSSR count).